The van der Waals surface area contributed by atoms with E-state index in [0.717, 1.165) is 24.8 Å². The number of rotatable bonds is 5. The summed E-state index contributed by atoms with van der Waals surface area (Å²) in [6.45, 7) is 4.38. The first-order valence-corrected chi connectivity index (χ1v) is 10.6. The summed E-state index contributed by atoms with van der Waals surface area (Å²) in [5, 5.41) is 5.89. The maximum Gasteiger partial charge on any atom is 0.254 e. The summed E-state index contributed by atoms with van der Waals surface area (Å²) >= 11 is 0. The van der Waals surface area contributed by atoms with Crippen molar-refractivity contribution in [3.8, 4) is 0 Å². The van der Waals surface area contributed by atoms with Gasteiger partial charge in [-0.25, -0.2) is 0 Å². The summed E-state index contributed by atoms with van der Waals surface area (Å²) in [7, 11) is 0. The maximum atomic E-state index is 13.1. The van der Waals surface area contributed by atoms with Gasteiger partial charge in [0.2, 0.25) is 11.8 Å². The summed E-state index contributed by atoms with van der Waals surface area (Å²) in [6.07, 6.45) is 4.16. The molecule has 4 rings (SSSR count). The first kappa shape index (κ1) is 19.7. The third-order valence-electron chi connectivity index (χ3n) is 6.95. The van der Waals surface area contributed by atoms with Crippen molar-refractivity contribution in [2.24, 2.45) is 17.3 Å². The number of nitrogen functional groups attached to an aromatic ring is 1. The fraction of sp³-hybridized carbons (Fsp3) is 0.591. The summed E-state index contributed by atoms with van der Waals surface area (Å²) < 4.78 is 0. The van der Waals surface area contributed by atoms with Crippen molar-refractivity contribution in [1.29, 1.82) is 0 Å². The number of benzene rings is 1. The Morgan fingerprint density at radius 2 is 2.10 bits per heavy atom. The summed E-state index contributed by atoms with van der Waals surface area (Å²) in [4.78, 5) is 39.2. The van der Waals surface area contributed by atoms with Crippen LogP contribution >= 0.6 is 0 Å². The average Bonchev–Trinajstić information content (AvgIpc) is 3.48. The monoisotopic (exact) mass is 398 g/mol. The maximum absolute atomic E-state index is 13.1. The molecule has 1 aromatic rings. The van der Waals surface area contributed by atoms with Crippen LogP contribution < -0.4 is 16.4 Å². The van der Waals surface area contributed by atoms with Crippen molar-refractivity contribution in [1.82, 2.24) is 15.5 Å². The number of nitrogens with one attached hydrogen (secondary N) is 2. The lowest BCUT2D eigenvalue weighted by Crippen LogP contribution is -2.46. The molecule has 2 saturated heterocycles. The van der Waals surface area contributed by atoms with Crippen LogP contribution in [0, 0.1) is 24.2 Å². The predicted molar refractivity (Wildman–Crippen MR) is 110 cm³/mol. The van der Waals surface area contributed by atoms with Gasteiger partial charge >= 0.3 is 0 Å². The van der Waals surface area contributed by atoms with Gasteiger partial charge in [-0.3, -0.25) is 14.4 Å². The van der Waals surface area contributed by atoms with Crippen molar-refractivity contribution < 1.29 is 14.4 Å². The lowest BCUT2D eigenvalue weighted by molar-refractivity contribution is -0.132. The summed E-state index contributed by atoms with van der Waals surface area (Å²) in [6, 6.07) is 5.47. The molecule has 3 aliphatic rings. The number of nitrogens with two attached hydrogens (primary N) is 1. The number of likely N-dealkylation sites (tertiary alicyclic amines) is 1. The number of carbonyl (C=O) groups is 3. The van der Waals surface area contributed by atoms with Crippen LogP contribution in [-0.2, 0) is 9.59 Å². The van der Waals surface area contributed by atoms with E-state index in [4.69, 9.17) is 5.73 Å². The Labute approximate surface area is 171 Å². The van der Waals surface area contributed by atoms with Gasteiger partial charge in [0, 0.05) is 55.2 Å². The van der Waals surface area contributed by atoms with Gasteiger partial charge in [0.1, 0.15) is 0 Å². The fourth-order valence-electron chi connectivity index (χ4n) is 4.86. The minimum absolute atomic E-state index is 0.0209. The standard InChI is InChI=1S/C22H30N4O3/c1-14-17(3-2-4-18(14)23)21(29)26-10-8-22(13-26,16-5-6-16)12-25-20(28)15-7-9-24-19(27)11-15/h2-4,15-16H,5-13,23H2,1H3,(H,24,27)(H,25,28). The van der Waals surface area contributed by atoms with E-state index in [0.29, 0.717) is 49.8 Å². The molecule has 3 fully saturated rings. The van der Waals surface area contributed by atoms with Crippen LogP contribution in [0.5, 0.6) is 0 Å². The Hall–Kier alpha value is -2.57. The Morgan fingerprint density at radius 1 is 1.31 bits per heavy atom. The van der Waals surface area contributed by atoms with Crippen LogP contribution in [0.3, 0.4) is 0 Å². The molecule has 2 heterocycles. The van der Waals surface area contributed by atoms with Gasteiger partial charge in [0.25, 0.3) is 5.91 Å². The summed E-state index contributed by atoms with van der Waals surface area (Å²) in [5.74, 6) is 0.249. The smallest absolute Gasteiger partial charge is 0.254 e. The van der Waals surface area contributed by atoms with Crippen LogP contribution in [0.1, 0.15) is 48.0 Å². The fourth-order valence-corrected chi connectivity index (χ4v) is 4.86. The van der Waals surface area contributed by atoms with Crippen molar-refractivity contribution in [2.75, 3.05) is 31.9 Å². The third kappa shape index (κ3) is 3.95. The molecule has 2 unspecified atom stereocenters. The zero-order valence-electron chi connectivity index (χ0n) is 17.0. The predicted octanol–water partition coefficient (Wildman–Crippen LogP) is 1.46. The molecular weight excluding hydrogens is 368 g/mol. The average molecular weight is 399 g/mol. The molecule has 2 atom stereocenters. The van der Waals surface area contributed by atoms with Crippen LogP contribution in [0.25, 0.3) is 0 Å². The normalized spacial score (nSPS) is 26.9. The number of amides is 3. The van der Waals surface area contributed by atoms with E-state index in [1.807, 2.05) is 30.0 Å². The first-order chi connectivity index (χ1) is 13.9. The lowest BCUT2D eigenvalue weighted by Gasteiger charge is -2.31. The molecule has 0 spiro atoms. The number of anilines is 1. The van der Waals surface area contributed by atoms with Gasteiger partial charge in [-0.1, -0.05) is 6.07 Å². The van der Waals surface area contributed by atoms with Crippen molar-refractivity contribution in [3.05, 3.63) is 29.3 Å². The number of nitrogens with zero attached hydrogens (tertiary/aromatic N) is 1. The Morgan fingerprint density at radius 3 is 2.83 bits per heavy atom. The molecule has 156 valence electrons. The van der Waals surface area contributed by atoms with Gasteiger partial charge in [-0.2, -0.15) is 0 Å². The van der Waals surface area contributed by atoms with Gasteiger partial charge in [0.05, 0.1) is 0 Å². The number of carbonyl (C=O) groups excluding carboxylic acids is 3. The topological polar surface area (TPSA) is 105 Å². The van der Waals surface area contributed by atoms with E-state index < -0.39 is 0 Å². The van der Waals surface area contributed by atoms with E-state index in [2.05, 4.69) is 10.6 Å². The molecule has 2 aliphatic heterocycles. The van der Waals surface area contributed by atoms with Gasteiger partial charge in [-0.05, 0) is 56.2 Å². The van der Waals surface area contributed by atoms with Crippen LogP contribution in [0.4, 0.5) is 5.69 Å². The second kappa shape index (κ2) is 7.69. The van der Waals surface area contributed by atoms with E-state index in [1.54, 1.807) is 0 Å². The van der Waals surface area contributed by atoms with Crippen molar-refractivity contribution >= 4 is 23.4 Å². The van der Waals surface area contributed by atoms with E-state index in [9.17, 15) is 14.4 Å². The Kier molecular flexibility index (Phi) is 5.23. The number of piperidine rings is 1. The highest BCUT2D eigenvalue weighted by Gasteiger charge is 2.50. The highest BCUT2D eigenvalue weighted by molar-refractivity contribution is 5.97. The van der Waals surface area contributed by atoms with Crippen LogP contribution in [-0.4, -0.2) is 48.8 Å². The third-order valence-corrected chi connectivity index (χ3v) is 6.95. The molecule has 3 amide bonds. The van der Waals surface area contributed by atoms with E-state index >= 15 is 0 Å². The molecule has 0 radical (unpaired) electrons. The first-order valence-electron chi connectivity index (χ1n) is 10.6. The Balaban J connectivity index is 1.42. The lowest BCUT2D eigenvalue weighted by atomic mass is 9.81. The molecule has 7 nitrogen and oxygen atoms in total. The second-order valence-corrected chi connectivity index (χ2v) is 8.89. The molecule has 7 heteroatoms. The zero-order chi connectivity index (χ0) is 20.6. The zero-order valence-corrected chi connectivity index (χ0v) is 17.0. The van der Waals surface area contributed by atoms with E-state index in [-0.39, 0.29) is 35.5 Å². The minimum atomic E-state index is -0.242. The number of hydrogen-bond acceptors (Lipinski definition) is 4. The van der Waals surface area contributed by atoms with Gasteiger partial charge < -0.3 is 21.3 Å². The molecule has 29 heavy (non-hydrogen) atoms. The highest BCUT2D eigenvalue weighted by Crippen LogP contribution is 2.50. The number of hydrogen-bond donors (Lipinski definition) is 3. The second-order valence-electron chi connectivity index (χ2n) is 8.89. The largest absolute Gasteiger partial charge is 0.398 e. The quantitative estimate of drug-likeness (QED) is 0.653. The SMILES string of the molecule is Cc1c(N)cccc1C(=O)N1CCC(CNC(=O)C2CCNC(=O)C2)(C2CC2)C1. The highest BCUT2D eigenvalue weighted by atomic mass is 16.2. The molecule has 1 aliphatic carbocycles. The molecule has 1 saturated carbocycles. The molecule has 0 bridgehead atoms. The van der Waals surface area contributed by atoms with E-state index in [1.165, 1.54) is 0 Å². The molecular formula is C22H30N4O3. The van der Waals surface area contributed by atoms with Gasteiger partial charge in [-0.15, -0.1) is 0 Å². The molecule has 4 N–H and O–H groups in total. The van der Waals surface area contributed by atoms with Crippen LogP contribution in [0.2, 0.25) is 0 Å². The summed E-state index contributed by atoms with van der Waals surface area (Å²) in [5.41, 5.74) is 8.04. The Bertz CT molecular complexity index is 835. The van der Waals surface area contributed by atoms with Gasteiger partial charge in [0.15, 0.2) is 0 Å². The van der Waals surface area contributed by atoms with Crippen LogP contribution in [0.15, 0.2) is 18.2 Å². The minimum Gasteiger partial charge on any atom is -0.398 e. The molecule has 1 aromatic carbocycles. The molecule has 0 aromatic heterocycles. The van der Waals surface area contributed by atoms with Crippen molar-refractivity contribution in [3.63, 3.8) is 0 Å². The van der Waals surface area contributed by atoms with Crippen molar-refractivity contribution in [2.45, 2.75) is 39.0 Å².